The molecule has 0 aliphatic carbocycles. The molecule has 100 valence electrons. The minimum Gasteiger partial charge on any atom is -0.478 e. The molecule has 0 unspecified atom stereocenters. The molecule has 1 heterocycles. The molecule has 0 saturated heterocycles. The number of carboxylic acid groups (broad SMARTS) is 1. The van der Waals surface area contributed by atoms with Crippen LogP contribution in [0, 0.1) is 0 Å². The van der Waals surface area contributed by atoms with Crippen molar-refractivity contribution in [1.82, 2.24) is 9.94 Å². The maximum atomic E-state index is 11.2. The average molecular weight is 280 g/mol. The number of carboxylic acids is 1. The molecule has 2 aromatic rings. The van der Waals surface area contributed by atoms with Gasteiger partial charge in [0.15, 0.2) is 0 Å². The summed E-state index contributed by atoms with van der Waals surface area (Å²) in [5.41, 5.74) is 0.797. The number of aromatic carboxylic acids is 1. The summed E-state index contributed by atoms with van der Waals surface area (Å²) in [6.07, 6.45) is 3.20. The van der Waals surface area contributed by atoms with Crippen LogP contribution in [0.1, 0.15) is 15.9 Å². The highest BCUT2D eigenvalue weighted by Crippen LogP contribution is 2.25. The number of nitrogens with zero attached hydrogens (tertiary/aromatic N) is 2. The fourth-order valence-corrected chi connectivity index (χ4v) is 2.26. The van der Waals surface area contributed by atoms with E-state index in [4.69, 9.17) is 15.1 Å². The zero-order valence-corrected chi connectivity index (χ0v) is 10.9. The van der Waals surface area contributed by atoms with Crippen molar-refractivity contribution in [1.29, 1.82) is 0 Å². The Hall–Kier alpha value is -2.15. The first-order valence-corrected chi connectivity index (χ1v) is 6.61. The molecular formula is C12H12N2O4S. The molecule has 0 aliphatic heterocycles. The Morgan fingerprint density at radius 3 is 2.84 bits per heavy atom. The van der Waals surface area contributed by atoms with Gasteiger partial charge in [-0.3, -0.25) is 0 Å². The van der Waals surface area contributed by atoms with Crippen molar-refractivity contribution in [2.75, 3.05) is 6.26 Å². The summed E-state index contributed by atoms with van der Waals surface area (Å²) < 4.78 is 5.38. The largest absolute Gasteiger partial charge is 0.478 e. The third-order valence-electron chi connectivity index (χ3n) is 2.50. The van der Waals surface area contributed by atoms with Crippen LogP contribution in [0.25, 0.3) is 0 Å². The maximum absolute atomic E-state index is 11.2. The Morgan fingerprint density at radius 1 is 1.47 bits per heavy atom. The molecule has 6 nitrogen and oxygen atoms in total. The molecule has 1 aromatic heterocycles. The van der Waals surface area contributed by atoms with Gasteiger partial charge in [-0.2, -0.15) is 0 Å². The van der Waals surface area contributed by atoms with Crippen molar-refractivity contribution in [3.05, 3.63) is 41.6 Å². The lowest BCUT2D eigenvalue weighted by Crippen LogP contribution is -2.07. The van der Waals surface area contributed by atoms with Crippen molar-refractivity contribution in [3.8, 4) is 5.88 Å². The number of benzene rings is 1. The summed E-state index contributed by atoms with van der Waals surface area (Å²) in [7, 11) is 0. The summed E-state index contributed by atoms with van der Waals surface area (Å²) in [6.45, 7) is 0.0790. The summed E-state index contributed by atoms with van der Waals surface area (Å²) in [6, 6.07) is 6.55. The highest BCUT2D eigenvalue weighted by Gasteiger charge is 2.14. The number of ether oxygens (including phenoxy) is 1. The molecule has 0 spiro atoms. The predicted molar refractivity (Wildman–Crippen MR) is 68.9 cm³/mol. The minimum atomic E-state index is -0.998. The first kappa shape index (κ1) is 13.3. The van der Waals surface area contributed by atoms with Crippen LogP contribution >= 0.6 is 11.8 Å². The Morgan fingerprint density at radius 2 is 2.26 bits per heavy atom. The molecule has 19 heavy (non-hydrogen) atoms. The van der Waals surface area contributed by atoms with Gasteiger partial charge >= 0.3 is 5.97 Å². The van der Waals surface area contributed by atoms with Crippen LogP contribution in [0.2, 0.25) is 0 Å². The number of rotatable bonds is 5. The topological polar surface area (TPSA) is 84.6 Å². The van der Waals surface area contributed by atoms with Gasteiger partial charge in [0.25, 0.3) is 0 Å². The Bertz CT molecular complexity index is 597. The number of carbonyl (C=O) groups is 1. The fraction of sp³-hybridized carbons (Fsp3) is 0.167. The van der Waals surface area contributed by atoms with Crippen LogP contribution in [0.4, 0.5) is 0 Å². The lowest BCUT2D eigenvalue weighted by atomic mass is 10.1. The predicted octanol–water partition coefficient (Wildman–Crippen LogP) is 2.12. The summed E-state index contributed by atoms with van der Waals surface area (Å²) in [5.74, 6) is -0.767. The monoisotopic (exact) mass is 280 g/mol. The normalized spacial score (nSPS) is 10.4. The first-order valence-electron chi connectivity index (χ1n) is 5.38. The lowest BCUT2D eigenvalue weighted by Gasteiger charge is -2.10. The fourth-order valence-electron chi connectivity index (χ4n) is 1.63. The Kier molecular flexibility index (Phi) is 3.96. The molecule has 0 amide bonds. The van der Waals surface area contributed by atoms with Crippen molar-refractivity contribution in [2.45, 2.75) is 11.5 Å². The molecule has 7 heteroatoms. The summed E-state index contributed by atoms with van der Waals surface area (Å²) in [4.78, 5) is 12.7. The van der Waals surface area contributed by atoms with Gasteiger partial charge in [0.2, 0.25) is 5.88 Å². The summed E-state index contributed by atoms with van der Waals surface area (Å²) >= 11 is 1.45. The van der Waals surface area contributed by atoms with Gasteiger partial charge in [-0.15, -0.1) is 16.6 Å². The van der Waals surface area contributed by atoms with Crippen LogP contribution in [-0.2, 0) is 6.61 Å². The molecule has 0 radical (unpaired) electrons. The van der Waals surface area contributed by atoms with Crippen LogP contribution < -0.4 is 4.74 Å². The second kappa shape index (κ2) is 5.66. The van der Waals surface area contributed by atoms with E-state index in [1.54, 1.807) is 6.07 Å². The van der Waals surface area contributed by atoms with E-state index in [1.807, 2.05) is 12.3 Å². The highest BCUT2D eigenvalue weighted by atomic mass is 32.2. The van der Waals surface area contributed by atoms with Crippen LogP contribution in [0.15, 0.2) is 35.4 Å². The van der Waals surface area contributed by atoms with E-state index < -0.39 is 5.97 Å². The van der Waals surface area contributed by atoms with Gasteiger partial charge in [0, 0.05) is 16.5 Å². The Balaban J connectivity index is 2.25. The van der Waals surface area contributed by atoms with Crippen molar-refractivity contribution >= 4 is 17.7 Å². The molecule has 2 N–H and O–H groups in total. The maximum Gasteiger partial charge on any atom is 0.336 e. The second-order valence-electron chi connectivity index (χ2n) is 3.65. The first-order chi connectivity index (χ1) is 9.11. The SMILES string of the molecule is CSc1cccc(C(=O)O)c1COc1ccn(O)n1. The van der Waals surface area contributed by atoms with E-state index in [0.717, 1.165) is 4.90 Å². The second-order valence-corrected chi connectivity index (χ2v) is 4.50. The van der Waals surface area contributed by atoms with E-state index >= 15 is 0 Å². The van der Waals surface area contributed by atoms with E-state index in [0.29, 0.717) is 10.4 Å². The van der Waals surface area contributed by atoms with Crippen molar-refractivity contribution < 1.29 is 19.8 Å². The number of thioether (sulfide) groups is 1. The molecule has 0 bridgehead atoms. The third-order valence-corrected chi connectivity index (χ3v) is 3.32. The van der Waals surface area contributed by atoms with Crippen LogP contribution in [-0.4, -0.2) is 32.5 Å². The molecule has 0 saturated carbocycles. The zero-order chi connectivity index (χ0) is 13.8. The van der Waals surface area contributed by atoms with Gasteiger partial charge < -0.3 is 15.1 Å². The highest BCUT2D eigenvalue weighted by molar-refractivity contribution is 7.98. The third kappa shape index (κ3) is 3.00. The van der Waals surface area contributed by atoms with Gasteiger partial charge in [-0.1, -0.05) is 11.2 Å². The quantitative estimate of drug-likeness (QED) is 0.644. The van der Waals surface area contributed by atoms with Gasteiger partial charge in [0.05, 0.1) is 11.8 Å². The molecule has 0 fully saturated rings. The zero-order valence-electron chi connectivity index (χ0n) is 10.1. The van der Waals surface area contributed by atoms with Gasteiger partial charge in [-0.05, 0) is 18.4 Å². The standard InChI is InChI=1S/C12H12N2O4S/c1-19-10-4-2-3-8(12(15)16)9(10)7-18-11-5-6-14(17)13-11/h2-6,17H,7H2,1H3,(H,15,16). The molecule has 1 aromatic carbocycles. The molecule has 0 atom stereocenters. The molecule has 2 rings (SSSR count). The number of hydrogen-bond acceptors (Lipinski definition) is 5. The van der Waals surface area contributed by atoms with Gasteiger partial charge in [0.1, 0.15) is 6.61 Å². The van der Waals surface area contributed by atoms with E-state index in [1.165, 1.54) is 30.1 Å². The summed E-state index contributed by atoms with van der Waals surface area (Å²) in [5, 5.41) is 21.8. The van der Waals surface area contributed by atoms with E-state index in [9.17, 15) is 4.79 Å². The number of hydrogen-bond donors (Lipinski definition) is 2. The average Bonchev–Trinajstić information content (AvgIpc) is 2.81. The van der Waals surface area contributed by atoms with Gasteiger partial charge in [-0.25, -0.2) is 4.79 Å². The van der Waals surface area contributed by atoms with Crippen LogP contribution in [0.3, 0.4) is 0 Å². The number of aromatic nitrogens is 2. The molecule has 0 aliphatic rings. The Labute approximate surface area is 113 Å². The van der Waals surface area contributed by atoms with Crippen molar-refractivity contribution in [2.24, 2.45) is 0 Å². The van der Waals surface area contributed by atoms with Crippen LogP contribution in [0.5, 0.6) is 5.88 Å². The molecular weight excluding hydrogens is 268 g/mol. The minimum absolute atomic E-state index is 0.0790. The lowest BCUT2D eigenvalue weighted by molar-refractivity contribution is 0.0693. The van der Waals surface area contributed by atoms with E-state index in [-0.39, 0.29) is 18.1 Å². The smallest absolute Gasteiger partial charge is 0.336 e. The van der Waals surface area contributed by atoms with E-state index in [2.05, 4.69) is 5.10 Å². The van der Waals surface area contributed by atoms with Crippen molar-refractivity contribution in [3.63, 3.8) is 0 Å².